The van der Waals surface area contributed by atoms with Crippen molar-refractivity contribution in [2.45, 2.75) is 49.8 Å². The van der Waals surface area contributed by atoms with Crippen LogP contribution in [-0.4, -0.2) is 29.7 Å². The summed E-state index contributed by atoms with van der Waals surface area (Å²) in [6.45, 7) is 8.61. The number of anilines is 2. The van der Waals surface area contributed by atoms with Crippen molar-refractivity contribution in [3.63, 3.8) is 0 Å². The first-order valence-corrected chi connectivity index (χ1v) is 12.9. The minimum atomic E-state index is -4.47. The number of urea groups is 1. The average molecular weight is 536 g/mol. The summed E-state index contributed by atoms with van der Waals surface area (Å²) < 4.78 is 62.9. The number of carbonyl (C=O) groups is 1. The van der Waals surface area contributed by atoms with Crippen LogP contribution in [0.1, 0.15) is 50.7 Å². The Balaban J connectivity index is 1.76. The Labute approximate surface area is 213 Å². The third-order valence-electron chi connectivity index (χ3n) is 5.90. The van der Waals surface area contributed by atoms with Gasteiger partial charge in [0.15, 0.2) is 15.7 Å². The van der Waals surface area contributed by atoms with Gasteiger partial charge in [0.05, 0.1) is 16.5 Å². The van der Waals surface area contributed by atoms with E-state index in [1.165, 1.54) is 18.2 Å². The van der Waals surface area contributed by atoms with Crippen LogP contribution in [-0.2, 0) is 20.8 Å². The highest BCUT2D eigenvalue weighted by Crippen LogP contribution is 2.53. The van der Waals surface area contributed by atoms with E-state index in [0.717, 1.165) is 24.3 Å². The summed E-state index contributed by atoms with van der Waals surface area (Å²) in [5.74, 6) is 0.383. The molecule has 198 valence electrons. The van der Waals surface area contributed by atoms with Gasteiger partial charge in [0.2, 0.25) is 0 Å². The maximum Gasteiger partial charge on any atom is 0.416 e. The van der Waals surface area contributed by atoms with Gasteiger partial charge < -0.3 is 16.4 Å². The fourth-order valence-corrected chi connectivity index (χ4v) is 5.58. The fourth-order valence-electron chi connectivity index (χ4n) is 3.61. The van der Waals surface area contributed by atoms with Crippen LogP contribution in [0.15, 0.2) is 60.8 Å². The molecule has 0 unspecified atom stereocenters. The molecule has 2 amide bonds. The number of nitrogens with one attached hydrogen (secondary N) is 2. The van der Waals surface area contributed by atoms with E-state index in [1.54, 1.807) is 26.8 Å². The molecule has 1 heterocycles. The van der Waals surface area contributed by atoms with Crippen LogP contribution < -0.4 is 16.4 Å². The van der Waals surface area contributed by atoms with E-state index in [2.05, 4.69) is 27.2 Å². The van der Waals surface area contributed by atoms with Crippen LogP contribution in [0.2, 0.25) is 0 Å². The molecule has 2 aromatic rings. The summed E-state index contributed by atoms with van der Waals surface area (Å²) in [5, 5.41) is 4.41. The minimum Gasteiger partial charge on any atom is -0.384 e. The Kier molecular flexibility index (Phi) is 7.82. The molecule has 1 aliphatic carbocycles. The Bertz CT molecular complexity index is 1360. The lowest BCUT2D eigenvalue weighted by atomic mass is 10.2. The number of benzene rings is 1. The molecule has 8 nitrogen and oxygen atoms in total. The van der Waals surface area contributed by atoms with Gasteiger partial charge in [-0.15, -0.1) is 0 Å². The number of sulfone groups is 1. The molecule has 0 spiro atoms. The monoisotopic (exact) mass is 535 g/mol. The number of halogens is 3. The number of allylic oxidation sites excluding steroid dienone is 4. The second kappa shape index (κ2) is 10.4. The molecule has 12 heteroatoms. The number of nitrogens with two attached hydrogens (primary N) is 1. The van der Waals surface area contributed by atoms with Crippen LogP contribution in [0.25, 0.3) is 5.57 Å². The predicted molar refractivity (Wildman–Crippen MR) is 137 cm³/mol. The molecule has 0 radical (unpaired) electrons. The highest BCUT2D eigenvalue weighted by Gasteiger charge is 2.58. The van der Waals surface area contributed by atoms with Gasteiger partial charge in [0, 0.05) is 17.5 Å². The standard InChI is InChI=1S/C25H28F3N5O3S/c1-5-18(30-23(34)31-19-10-7-17(8-11-19)25(26,27)28)9-6-16(4)22-32-20(14-21(29)33-22)24(12-13-24)37(35,36)15(2)3/h5-11,14-15H,1,12-13H2,2-4H3,(H2,29,32,33)(H2,30,31,34)/b16-6+,18-9+. The molecule has 1 saturated carbocycles. The molecule has 37 heavy (non-hydrogen) atoms. The molecule has 0 saturated heterocycles. The smallest absolute Gasteiger partial charge is 0.384 e. The van der Waals surface area contributed by atoms with Crippen molar-refractivity contribution >= 4 is 32.9 Å². The first-order valence-electron chi connectivity index (χ1n) is 11.3. The van der Waals surface area contributed by atoms with Crippen molar-refractivity contribution in [3.8, 4) is 0 Å². The Morgan fingerprint density at radius 1 is 1.16 bits per heavy atom. The maximum absolute atomic E-state index is 12.9. The number of nitrogens with zero attached hydrogens (tertiary/aromatic N) is 2. The Morgan fingerprint density at radius 3 is 2.30 bits per heavy atom. The fraction of sp³-hybridized carbons (Fsp3) is 0.320. The average Bonchev–Trinajstić information content (AvgIpc) is 3.63. The lowest BCUT2D eigenvalue weighted by molar-refractivity contribution is -0.137. The highest BCUT2D eigenvalue weighted by atomic mass is 32.2. The van der Waals surface area contributed by atoms with E-state index in [-0.39, 0.29) is 23.0 Å². The number of hydrogen-bond donors (Lipinski definition) is 3. The summed E-state index contributed by atoms with van der Waals surface area (Å²) >= 11 is 0. The van der Waals surface area contributed by atoms with E-state index < -0.39 is 37.6 Å². The zero-order chi connectivity index (χ0) is 27.6. The summed E-state index contributed by atoms with van der Waals surface area (Å²) in [7, 11) is -3.46. The lowest BCUT2D eigenvalue weighted by Crippen LogP contribution is -2.29. The zero-order valence-electron chi connectivity index (χ0n) is 20.6. The Hall–Kier alpha value is -3.67. The van der Waals surface area contributed by atoms with E-state index in [9.17, 15) is 26.4 Å². The van der Waals surface area contributed by atoms with Crippen molar-refractivity contribution in [1.82, 2.24) is 15.3 Å². The highest BCUT2D eigenvalue weighted by molar-refractivity contribution is 7.93. The SMILES string of the molecule is C=C/C(=C\C=C(/C)c1nc(N)cc(C2(S(=O)(=O)C(C)C)CC2)n1)NC(=O)Nc1ccc(C(F)(F)F)cc1. The van der Waals surface area contributed by atoms with Crippen LogP contribution in [0.5, 0.6) is 0 Å². The number of amides is 2. The summed E-state index contributed by atoms with van der Waals surface area (Å²) in [5.41, 5.74) is 6.51. The second-order valence-corrected chi connectivity index (χ2v) is 11.7. The normalized spacial score (nSPS) is 15.9. The third-order valence-corrected chi connectivity index (χ3v) is 8.84. The second-order valence-electron chi connectivity index (χ2n) is 8.92. The number of carbonyl (C=O) groups excluding carboxylic acids is 1. The van der Waals surface area contributed by atoms with Gasteiger partial charge in [-0.1, -0.05) is 12.7 Å². The first-order chi connectivity index (χ1) is 17.2. The molecular formula is C25H28F3N5O3S. The van der Waals surface area contributed by atoms with Crippen molar-refractivity contribution in [2.24, 2.45) is 0 Å². The summed E-state index contributed by atoms with van der Waals surface area (Å²) in [6, 6.07) is 4.82. The van der Waals surface area contributed by atoms with Gasteiger partial charge in [-0.3, -0.25) is 0 Å². The number of hydrogen-bond acceptors (Lipinski definition) is 6. The van der Waals surface area contributed by atoms with Crippen LogP contribution in [0.4, 0.5) is 29.5 Å². The number of rotatable bonds is 8. The topological polar surface area (TPSA) is 127 Å². The van der Waals surface area contributed by atoms with E-state index in [1.807, 2.05) is 0 Å². The van der Waals surface area contributed by atoms with Crippen LogP contribution in [0, 0.1) is 0 Å². The Morgan fingerprint density at radius 2 is 1.78 bits per heavy atom. The molecule has 4 N–H and O–H groups in total. The predicted octanol–water partition coefficient (Wildman–Crippen LogP) is 5.18. The quantitative estimate of drug-likeness (QED) is 0.400. The molecule has 3 rings (SSSR count). The van der Waals surface area contributed by atoms with Crippen molar-refractivity contribution in [1.29, 1.82) is 0 Å². The van der Waals surface area contributed by atoms with Crippen molar-refractivity contribution in [2.75, 3.05) is 11.1 Å². The van der Waals surface area contributed by atoms with Gasteiger partial charge in [0.1, 0.15) is 10.6 Å². The first kappa shape index (κ1) is 27.9. The summed E-state index contributed by atoms with van der Waals surface area (Å²) in [4.78, 5) is 21.0. The van der Waals surface area contributed by atoms with E-state index >= 15 is 0 Å². The van der Waals surface area contributed by atoms with Crippen LogP contribution >= 0.6 is 0 Å². The summed E-state index contributed by atoms with van der Waals surface area (Å²) in [6.07, 6.45) is 0.953. The van der Waals surface area contributed by atoms with Gasteiger partial charge in [0.25, 0.3) is 0 Å². The molecular weight excluding hydrogens is 507 g/mol. The maximum atomic E-state index is 12.9. The molecule has 0 bridgehead atoms. The van der Waals surface area contributed by atoms with Crippen molar-refractivity contribution < 1.29 is 26.4 Å². The van der Waals surface area contributed by atoms with Gasteiger partial charge in [-0.25, -0.2) is 23.2 Å². The number of nitrogen functional groups attached to an aromatic ring is 1. The third kappa shape index (κ3) is 6.19. The molecule has 1 fully saturated rings. The molecule has 1 aromatic carbocycles. The molecule has 1 aliphatic rings. The van der Waals surface area contributed by atoms with Gasteiger partial charge in [-0.05, 0) is 75.6 Å². The largest absolute Gasteiger partial charge is 0.416 e. The van der Waals surface area contributed by atoms with Crippen molar-refractivity contribution in [3.05, 3.63) is 77.9 Å². The lowest BCUT2D eigenvalue weighted by Gasteiger charge is -2.19. The van der Waals surface area contributed by atoms with Crippen LogP contribution in [0.3, 0.4) is 0 Å². The number of aromatic nitrogens is 2. The van der Waals surface area contributed by atoms with Gasteiger partial charge in [-0.2, -0.15) is 13.2 Å². The molecule has 0 aliphatic heterocycles. The zero-order valence-corrected chi connectivity index (χ0v) is 21.4. The van der Waals surface area contributed by atoms with E-state index in [0.29, 0.717) is 24.1 Å². The van der Waals surface area contributed by atoms with Gasteiger partial charge >= 0.3 is 12.2 Å². The number of alkyl halides is 3. The van der Waals surface area contributed by atoms with E-state index in [4.69, 9.17) is 5.73 Å². The molecule has 1 aromatic heterocycles. The molecule has 0 atom stereocenters. The minimum absolute atomic E-state index is 0.139.